The molecule has 1 heterocycles. The van der Waals surface area contributed by atoms with E-state index in [9.17, 15) is 10.1 Å². The second kappa shape index (κ2) is 6.22. The summed E-state index contributed by atoms with van der Waals surface area (Å²) in [5, 5.41) is 20.3. The van der Waals surface area contributed by atoms with E-state index in [1.165, 1.54) is 12.1 Å². The lowest BCUT2D eigenvalue weighted by atomic mass is 10.1. The maximum atomic E-state index is 11.0. The van der Waals surface area contributed by atoms with Crippen molar-refractivity contribution >= 4 is 27.8 Å². The normalized spacial score (nSPS) is 10.7. The molecule has 0 amide bonds. The highest BCUT2D eigenvalue weighted by Crippen LogP contribution is 2.27. The average Bonchev–Trinajstić information content (AvgIpc) is 3.07. The number of aromatic carboxylic acids is 1. The first-order valence-corrected chi connectivity index (χ1v) is 7.82. The van der Waals surface area contributed by atoms with Gasteiger partial charge in [0.2, 0.25) is 5.89 Å². The molecule has 4 rings (SSSR count). The van der Waals surface area contributed by atoms with E-state index < -0.39 is 5.97 Å². The first-order valence-electron chi connectivity index (χ1n) is 7.82. The highest BCUT2D eigenvalue weighted by Gasteiger charge is 2.12. The maximum absolute atomic E-state index is 11.0. The number of nitrogens with zero attached hydrogens (tertiary/aromatic N) is 2. The summed E-state index contributed by atoms with van der Waals surface area (Å²) in [7, 11) is 0. The van der Waals surface area contributed by atoms with Crippen molar-refractivity contribution in [1.82, 2.24) is 4.98 Å². The lowest BCUT2D eigenvalue weighted by molar-refractivity contribution is 0.0697. The molecular formula is C20H12N2O4. The van der Waals surface area contributed by atoms with E-state index in [4.69, 9.17) is 14.3 Å². The number of benzene rings is 3. The quantitative estimate of drug-likeness (QED) is 0.598. The number of carboxylic acid groups (broad SMARTS) is 1. The van der Waals surface area contributed by atoms with Crippen molar-refractivity contribution in [2.75, 3.05) is 0 Å². The van der Waals surface area contributed by atoms with Gasteiger partial charge in [-0.05, 0) is 41.1 Å². The molecule has 6 heteroatoms. The number of hydrogen-bond donors (Lipinski definition) is 1. The van der Waals surface area contributed by atoms with Crippen LogP contribution in [0.25, 0.3) is 21.9 Å². The van der Waals surface area contributed by atoms with E-state index in [-0.39, 0.29) is 12.2 Å². The van der Waals surface area contributed by atoms with Gasteiger partial charge in [0.25, 0.3) is 0 Å². The lowest BCUT2D eigenvalue weighted by Gasteiger charge is -2.07. The Kier molecular flexibility index (Phi) is 3.75. The van der Waals surface area contributed by atoms with Gasteiger partial charge in [0.05, 0.1) is 11.1 Å². The third-order valence-electron chi connectivity index (χ3n) is 4.00. The molecule has 0 saturated carbocycles. The number of nitriles is 1. The zero-order valence-electron chi connectivity index (χ0n) is 13.5. The Balaban J connectivity index is 1.62. The Labute approximate surface area is 147 Å². The van der Waals surface area contributed by atoms with Crippen LogP contribution in [0.4, 0.5) is 0 Å². The fraction of sp³-hybridized carbons (Fsp3) is 0.0500. The fourth-order valence-corrected chi connectivity index (χ4v) is 2.73. The van der Waals surface area contributed by atoms with Gasteiger partial charge in [-0.3, -0.25) is 0 Å². The van der Waals surface area contributed by atoms with Crippen LogP contribution in [0.1, 0.15) is 21.8 Å². The van der Waals surface area contributed by atoms with Crippen LogP contribution >= 0.6 is 0 Å². The highest BCUT2D eigenvalue weighted by atomic mass is 16.5. The summed E-state index contributed by atoms with van der Waals surface area (Å²) in [6, 6.07) is 17.9. The highest BCUT2D eigenvalue weighted by molar-refractivity contribution is 5.91. The summed E-state index contributed by atoms with van der Waals surface area (Å²) in [5.41, 5.74) is 1.48. The molecule has 0 aliphatic carbocycles. The monoisotopic (exact) mass is 344 g/mol. The van der Waals surface area contributed by atoms with Gasteiger partial charge in [-0.15, -0.1) is 0 Å². The smallest absolute Gasteiger partial charge is 0.335 e. The van der Waals surface area contributed by atoms with Gasteiger partial charge in [0, 0.05) is 0 Å². The topological polar surface area (TPSA) is 96.3 Å². The molecule has 0 unspecified atom stereocenters. The number of carboxylic acids is 1. The van der Waals surface area contributed by atoms with Crippen molar-refractivity contribution in [2.45, 2.75) is 6.61 Å². The Hall–Kier alpha value is -3.85. The molecule has 0 fully saturated rings. The largest absolute Gasteiger partial charge is 0.482 e. The van der Waals surface area contributed by atoms with Gasteiger partial charge in [0.1, 0.15) is 17.3 Å². The summed E-state index contributed by atoms with van der Waals surface area (Å²) in [5.74, 6) is -0.282. The molecule has 0 saturated heterocycles. The van der Waals surface area contributed by atoms with Crippen molar-refractivity contribution in [1.29, 1.82) is 5.26 Å². The summed E-state index contributed by atoms with van der Waals surface area (Å²) in [6.07, 6.45) is 0. The molecule has 0 aliphatic rings. The van der Waals surface area contributed by atoms with Crippen molar-refractivity contribution in [3.63, 3.8) is 0 Å². The predicted octanol–water partition coefficient (Wildman–Crippen LogP) is 4.13. The number of hydrogen-bond acceptors (Lipinski definition) is 5. The molecule has 126 valence electrons. The zero-order valence-corrected chi connectivity index (χ0v) is 13.5. The summed E-state index contributed by atoms with van der Waals surface area (Å²) in [6.45, 7) is 0.0319. The van der Waals surface area contributed by atoms with E-state index in [0.29, 0.717) is 28.3 Å². The van der Waals surface area contributed by atoms with Gasteiger partial charge in [0.15, 0.2) is 12.2 Å². The molecule has 1 N–H and O–H groups in total. The number of rotatable bonds is 4. The van der Waals surface area contributed by atoms with Gasteiger partial charge in [-0.1, -0.05) is 24.3 Å². The number of fused-ring (bicyclic) bond motifs is 2. The summed E-state index contributed by atoms with van der Waals surface area (Å²) < 4.78 is 11.3. The van der Waals surface area contributed by atoms with Gasteiger partial charge >= 0.3 is 5.97 Å². The Morgan fingerprint density at radius 1 is 1.15 bits per heavy atom. The van der Waals surface area contributed by atoms with Crippen LogP contribution in [-0.4, -0.2) is 16.1 Å². The average molecular weight is 344 g/mol. The van der Waals surface area contributed by atoms with E-state index >= 15 is 0 Å². The minimum atomic E-state index is -1.03. The van der Waals surface area contributed by atoms with Crippen LogP contribution in [0.15, 0.2) is 59.0 Å². The van der Waals surface area contributed by atoms with Gasteiger partial charge in [-0.2, -0.15) is 5.26 Å². The number of aromatic nitrogens is 1. The first-order chi connectivity index (χ1) is 12.6. The third kappa shape index (κ3) is 2.82. The van der Waals surface area contributed by atoms with E-state index in [2.05, 4.69) is 11.1 Å². The second-order valence-corrected chi connectivity index (χ2v) is 5.69. The predicted molar refractivity (Wildman–Crippen MR) is 94.0 cm³/mol. The first kappa shape index (κ1) is 15.7. The molecule has 3 aromatic carbocycles. The van der Waals surface area contributed by atoms with E-state index in [1.807, 2.05) is 24.3 Å². The molecule has 6 nitrogen and oxygen atoms in total. The van der Waals surface area contributed by atoms with Crippen molar-refractivity contribution < 1.29 is 19.1 Å². The molecule has 26 heavy (non-hydrogen) atoms. The van der Waals surface area contributed by atoms with Crippen molar-refractivity contribution in [3.8, 4) is 11.8 Å². The second-order valence-electron chi connectivity index (χ2n) is 5.69. The molecule has 0 spiro atoms. The molecule has 0 atom stereocenters. The molecule has 4 aromatic rings. The molecule has 0 radical (unpaired) electrons. The molecule has 1 aromatic heterocycles. The third-order valence-corrected chi connectivity index (χ3v) is 4.00. The van der Waals surface area contributed by atoms with Crippen molar-refractivity contribution in [3.05, 3.63) is 71.6 Å². The lowest BCUT2D eigenvalue weighted by Crippen LogP contribution is -1.97. The Morgan fingerprint density at radius 3 is 2.65 bits per heavy atom. The van der Waals surface area contributed by atoms with E-state index in [1.54, 1.807) is 18.2 Å². The van der Waals surface area contributed by atoms with Crippen LogP contribution in [0.2, 0.25) is 0 Å². The molecular weight excluding hydrogens is 332 g/mol. The fourth-order valence-electron chi connectivity index (χ4n) is 2.73. The zero-order chi connectivity index (χ0) is 18.1. The minimum Gasteiger partial charge on any atom is -0.482 e. The molecule has 0 bridgehead atoms. The van der Waals surface area contributed by atoms with Crippen LogP contribution < -0.4 is 4.74 Å². The summed E-state index contributed by atoms with van der Waals surface area (Å²) >= 11 is 0. The minimum absolute atomic E-state index is 0.0319. The number of oxazole rings is 1. The van der Waals surface area contributed by atoms with Gasteiger partial charge < -0.3 is 14.3 Å². The Bertz CT molecular complexity index is 1190. The van der Waals surface area contributed by atoms with E-state index in [0.717, 1.165) is 10.8 Å². The SMILES string of the molecule is N#Cc1cc2ccccc2cc1OCc1nc2ccc(C(=O)O)cc2o1. The van der Waals surface area contributed by atoms with Crippen LogP contribution in [0, 0.1) is 11.3 Å². The van der Waals surface area contributed by atoms with Crippen molar-refractivity contribution in [2.24, 2.45) is 0 Å². The molecule has 0 aliphatic heterocycles. The van der Waals surface area contributed by atoms with Crippen LogP contribution in [0.3, 0.4) is 0 Å². The van der Waals surface area contributed by atoms with Crippen LogP contribution in [0.5, 0.6) is 5.75 Å². The van der Waals surface area contributed by atoms with Gasteiger partial charge in [-0.25, -0.2) is 9.78 Å². The Morgan fingerprint density at radius 2 is 1.92 bits per heavy atom. The number of carbonyl (C=O) groups is 1. The maximum Gasteiger partial charge on any atom is 0.335 e. The number of ether oxygens (including phenoxy) is 1. The standard InChI is InChI=1S/C20H12N2O4/c21-10-15-7-12-3-1-2-4-13(12)8-17(15)25-11-19-22-16-6-5-14(20(23)24)9-18(16)26-19/h1-9H,11H2,(H,23,24). The van der Waals surface area contributed by atoms with Crippen LogP contribution in [-0.2, 0) is 6.61 Å². The summed E-state index contributed by atoms with van der Waals surface area (Å²) in [4.78, 5) is 15.3.